The van der Waals surface area contributed by atoms with Crippen LogP contribution in [-0.2, 0) is 9.53 Å². The summed E-state index contributed by atoms with van der Waals surface area (Å²) in [7, 11) is 0. The zero-order chi connectivity index (χ0) is 12.5. The van der Waals surface area contributed by atoms with Gasteiger partial charge in [0, 0.05) is 12.3 Å². The minimum absolute atomic E-state index is 0.184. The Morgan fingerprint density at radius 2 is 1.87 bits per heavy atom. The Bertz CT molecular complexity index is 201. The number of ether oxygens (including phenoxy) is 1. The molecule has 0 spiro atoms. The van der Waals surface area contributed by atoms with Crippen LogP contribution in [-0.4, -0.2) is 28.7 Å². The van der Waals surface area contributed by atoms with Crippen molar-refractivity contribution in [3.05, 3.63) is 0 Å². The highest BCUT2D eigenvalue weighted by atomic mass is 35.5. The molecule has 5 nitrogen and oxygen atoms in total. The number of aliphatic carboxylic acids is 1. The molecular weight excluding hydrogens is 222 g/mol. The number of rotatable bonds is 3. The number of hydrogen-bond acceptors (Lipinski definition) is 3. The Balaban J connectivity index is 0. The third kappa shape index (κ3) is 24.6. The highest BCUT2D eigenvalue weighted by molar-refractivity contribution is 6.17. The van der Waals surface area contributed by atoms with Gasteiger partial charge in [-0.05, 0) is 27.2 Å². The van der Waals surface area contributed by atoms with Gasteiger partial charge < -0.3 is 15.6 Å². The van der Waals surface area contributed by atoms with Gasteiger partial charge >= 0.3 is 12.1 Å². The summed E-state index contributed by atoms with van der Waals surface area (Å²) in [6.07, 6.45) is 0.0258. The lowest BCUT2D eigenvalue weighted by Gasteiger charge is -2.16. The standard InChI is InChI=1S/C5H11NO2.C4H7ClO2/c1-5(2,3)8-4(6)7;5-3-1-2-4(6)7/h1-3H3,(H2,6,7);1-3H2,(H,6,7). The number of amides is 1. The van der Waals surface area contributed by atoms with Crippen LogP contribution in [0.25, 0.3) is 0 Å². The first kappa shape index (κ1) is 16.5. The van der Waals surface area contributed by atoms with E-state index in [0.29, 0.717) is 12.3 Å². The molecule has 15 heavy (non-hydrogen) atoms. The molecule has 0 aromatic carbocycles. The lowest BCUT2D eigenvalue weighted by atomic mass is 10.2. The van der Waals surface area contributed by atoms with Gasteiger partial charge in [-0.1, -0.05) is 0 Å². The van der Waals surface area contributed by atoms with Crippen LogP contribution in [0.4, 0.5) is 4.79 Å². The molecule has 0 aliphatic heterocycles. The number of carbonyl (C=O) groups excluding carboxylic acids is 1. The predicted molar refractivity (Wildman–Crippen MR) is 58.0 cm³/mol. The Kier molecular flexibility index (Phi) is 9.16. The Hall–Kier alpha value is -0.970. The Labute approximate surface area is 94.5 Å². The van der Waals surface area contributed by atoms with Crippen LogP contribution in [0.5, 0.6) is 0 Å². The second-order valence-corrected chi connectivity index (χ2v) is 4.10. The third-order valence-corrected chi connectivity index (χ3v) is 1.20. The first-order valence-electron chi connectivity index (χ1n) is 4.45. The molecule has 0 saturated carbocycles. The Morgan fingerprint density at radius 3 is 1.93 bits per heavy atom. The van der Waals surface area contributed by atoms with Gasteiger partial charge in [0.25, 0.3) is 0 Å². The molecule has 0 radical (unpaired) electrons. The molecule has 0 aromatic heterocycles. The molecular formula is C9H18ClNO4. The maximum absolute atomic E-state index is 10.0. The highest BCUT2D eigenvalue weighted by Gasteiger charge is 2.12. The summed E-state index contributed by atoms with van der Waals surface area (Å²) in [5, 5.41) is 7.99. The van der Waals surface area contributed by atoms with Crippen LogP contribution in [0.15, 0.2) is 0 Å². The van der Waals surface area contributed by atoms with E-state index in [1.807, 2.05) is 0 Å². The van der Waals surface area contributed by atoms with Gasteiger partial charge in [-0.2, -0.15) is 0 Å². The maximum atomic E-state index is 10.0. The number of alkyl halides is 1. The molecule has 0 aliphatic carbocycles. The van der Waals surface area contributed by atoms with Crippen molar-refractivity contribution in [3.8, 4) is 0 Å². The SMILES string of the molecule is CC(C)(C)OC(N)=O.O=C(O)CCCCl. The average molecular weight is 240 g/mol. The molecule has 6 heteroatoms. The summed E-state index contributed by atoms with van der Waals surface area (Å²) in [6.45, 7) is 5.28. The maximum Gasteiger partial charge on any atom is 0.405 e. The van der Waals surface area contributed by atoms with Crippen LogP contribution in [0.3, 0.4) is 0 Å². The summed E-state index contributed by atoms with van der Waals surface area (Å²) in [5.74, 6) is -0.340. The average Bonchev–Trinajstić information content (AvgIpc) is 1.96. The van der Waals surface area contributed by atoms with E-state index in [4.69, 9.17) is 22.4 Å². The normalized spacial score (nSPS) is 9.87. The molecule has 3 N–H and O–H groups in total. The van der Waals surface area contributed by atoms with Crippen molar-refractivity contribution >= 4 is 23.7 Å². The molecule has 0 heterocycles. The van der Waals surface area contributed by atoms with Crippen molar-refractivity contribution in [2.75, 3.05) is 5.88 Å². The van der Waals surface area contributed by atoms with E-state index in [0.717, 1.165) is 0 Å². The predicted octanol–water partition coefficient (Wildman–Crippen LogP) is 1.97. The smallest absolute Gasteiger partial charge is 0.405 e. The fraction of sp³-hybridized carbons (Fsp3) is 0.778. The van der Waals surface area contributed by atoms with Crippen molar-refractivity contribution in [2.45, 2.75) is 39.2 Å². The van der Waals surface area contributed by atoms with E-state index in [2.05, 4.69) is 4.74 Å². The van der Waals surface area contributed by atoms with Crippen molar-refractivity contribution in [3.63, 3.8) is 0 Å². The van der Waals surface area contributed by atoms with E-state index in [1.165, 1.54) is 0 Å². The van der Waals surface area contributed by atoms with Crippen LogP contribution < -0.4 is 5.73 Å². The summed E-state index contributed by atoms with van der Waals surface area (Å²) in [4.78, 5) is 19.7. The molecule has 0 aliphatic rings. The summed E-state index contributed by atoms with van der Waals surface area (Å²) in [6, 6.07) is 0. The third-order valence-electron chi connectivity index (χ3n) is 0.931. The number of primary amides is 1. The molecule has 1 amide bonds. The molecule has 0 unspecified atom stereocenters. The van der Waals surface area contributed by atoms with Crippen molar-refractivity contribution in [2.24, 2.45) is 5.73 Å². The van der Waals surface area contributed by atoms with E-state index in [9.17, 15) is 9.59 Å². The monoisotopic (exact) mass is 239 g/mol. The molecule has 0 bridgehead atoms. The van der Waals surface area contributed by atoms with Gasteiger partial charge in [-0.3, -0.25) is 4.79 Å². The first-order chi connectivity index (χ1) is 6.69. The van der Waals surface area contributed by atoms with Gasteiger partial charge in [0.05, 0.1) is 0 Å². The van der Waals surface area contributed by atoms with Crippen LogP contribution >= 0.6 is 11.6 Å². The molecule has 0 saturated heterocycles. The van der Waals surface area contributed by atoms with E-state index >= 15 is 0 Å². The molecule has 0 atom stereocenters. The minimum Gasteiger partial charge on any atom is -0.481 e. The van der Waals surface area contributed by atoms with Crippen molar-refractivity contribution < 1.29 is 19.4 Å². The molecule has 0 fully saturated rings. The summed E-state index contributed by atoms with van der Waals surface area (Å²) >= 11 is 5.18. The second-order valence-electron chi connectivity index (χ2n) is 3.72. The van der Waals surface area contributed by atoms with Gasteiger partial charge in [0.1, 0.15) is 5.60 Å². The van der Waals surface area contributed by atoms with Crippen LogP contribution in [0.2, 0.25) is 0 Å². The zero-order valence-corrected chi connectivity index (χ0v) is 10.0. The van der Waals surface area contributed by atoms with Gasteiger partial charge in [0.15, 0.2) is 0 Å². The first-order valence-corrected chi connectivity index (χ1v) is 4.98. The summed E-state index contributed by atoms with van der Waals surface area (Å²) < 4.78 is 4.58. The van der Waals surface area contributed by atoms with Crippen molar-refractivity contribution in [1.29, 1.82) is 0 Å². The number of carboxylic acids is 1. The number of carbonyl (C=O) groups is 2. The number of nitrogens with two attached hydrogens (primary N) is 1. The zero-order valence-electron chi connectivity index (χ0n) is 9.25. The fourth-order valence-corrected chi connectivity index (χ4v) is 0.653. The Morgan fingerprint density at radius 1 is 1.40 bits per heavy atom. The molecule has 0 rings (SSSR count). The molecule has 90 valence electrons. The second kappa shape index (κ2) is 8.35. The van der Waals surface area contributed by atoms with Crippen LogP contribution in [0, 0.1) is 0 Å². The van der Waals surface area contributed by atoms with Crippen LogP contribution in [0.1, 0.15) is 33.6 Å². The van der Waals surface area contributed by atoms with E-state index in [1.54, 1.807) is 20.8 Å². The van der Waals surface area contributed by atoms with Crippen molar-refractivity contribution in [1.82, 2.24) is 0 Å². The molecule has 0 aromatic rings. The number of hydrogen-bond donors (Lipinski definition) is 2. The lowest BCUT2D eigenvalue weighted by Crippen LogP contribution is -2.27. The highest BCUT2D eigenvalue weighted by Crippen LogP contribution is 2.04. The number of carboxylic acid groups (broad SMARTS) is 1. The summed E-state index contributed by atoms with van der Waals surface area (Å²) in [5.41, 5.74) is 4.26. The minimum atomic E-state index is -0.777. The largest absolute Gasteiger partial charge is 0.481 e. The quantitative estimate of drug-likeness (QED) is 0.737. The van der Waals surface area contributed by atoms with E-state index in [-0.39, 0.29) is 6.42 Å². The van der Waals surface area contributed by atoms with E-state index < -0.39 is 17.7 Å². The van der Waals surface area contributed by atoms with Gasteiger partial charge in [-0.25, -0.2) is 4.79 Å². The lowest BCUT2D eigenvalue weighted by molar-refractivity contribution is -0.137. The number of halogens is 1. The fourth-order valence-electron chi connectivity index (χ4n) is 0.520. The topological polar surface area (TPSA) is 89.6 Å². The van der Waals surface area contributed by atoms with Gasteiger partial charge in [0.2, 0.25) is 0 Å². The van der Waals surface area contributed by atoms with Gasteiger partial charge in [-0.15, -0.1) is 11.6 Å².